The Hall–Kier alpha value is -3.81. The van der Waals surface area contributed by atoms with Crippen LogP contribution in [-0.2, 0) is 14.3 Å². The maximum Gasteiger partial charge on any atom is 0.342 e. The van der Waals surface area contributed by atoms with Gasteiger partial charge in [0.1, 0.15) is 22.8 Å². The van der Waals surface area contributed by atoms with Gasteiger partial charge in [0.05, 0.1) is 26.7 Å². The molecule has 0 bridgehead atoms. The Balaban J connectivity index is 1.82. The SMILES string of the molecule is COc1ccc(C2CC(=O)Oc3cc4c(c(O)c32)C(=O)OC(C)CCCC(=O)CCCC=C4)cc1OC. The highest BCUT2D eigenvalue weighted by atomic mass is 16.5. The lowest BCUT2D eigenvalue weighted by Crippen LogP contribution is -2.23. The van der Waals surface area contributed by atoms with Crippen LogP contribution >= 0.6 is 0 Å². The highest BCUT2D eigenvalue weighted by Crippen LogP contribution is 2.48. The number of fused-ring (bicyclic) bond motifs is 2. The molecule has 2 atom stereocenters. The molecule has 0 radical (unpaired) electrons. The van der Waals surface area contributed by atoms with Gasteiger partial charge in [-0.05, 0) is 61.9 Å². The van der Waals surface area contributed by atoms with Crippen molar-refractivity contribution in [1.29, 1.82) is 0 Å². The number of hydrogen-bond donors (Lipinski definition) is 1. The van der Waals surface area contributed by atoms with Crippen molar-refractivity contribution < 1.29 is 38.4 Å². The molecule has 196 valence electrons. The molecule has 1 N–H and O–H groups in total. The zero-order chi connectivity index (χ0) is 26.5. The molecule has 0 aliphatic carbocycles. The molecule has 0 saturated carbocycles. The van der Waals surface area contributed by atoms with E-state index in [2.05, 4.69) is 0 Å². The third-order valence-electron chi connectivity index (χ3n) is 6.79. The highest BCUT2D eigenvalue weighted by Gasteiger charge is 2.35. The predicted molar refractivity (Wildman–Crippen MR) is 136 cm³/mol. The van der Waals surface area contributed by atoms with Gasteiger partial charge in [0.15, 0.2) is 11.5 Å². The van der Waals surface area contributed by atoms with E-state index in [4.69, 9.17) is 18.9 Å². The number of rotatable bonds is 3. The average Bonchev–Trinajstić information content (AvgIpc) is 2.86. The molecule has 2 unspecified atom stereocenters. The summed E-state index contributed by atoms with van der Waals surface area (Å²) < 4.78 is 22.0. The van der Waals surface area contributed by atoms with E-state index in [0.717, 1.165) is 0 Å². The summed E-state index contributed by atoms with van der Waals surface area (Å²) in [7, 11) is 3.05. The van der Waals surface area contributed by atoms with E-state index in [9.17, 15) is 19.5 Å². The fourth-order valence-electron chi connectivity index (χ4n) is 4.87. The van der Waals surface area contributed by atoms with E-state index in [1.54, 1.807) is 37.3 Å². The van der Waals surface area contributed by atoms with E-state index in [1.165, 1.54) is 14.2 Å². The Morgan fingerprint density at radius 1 is 1.00 bits per heavy atom. The normalized spacial score (nSPS) is 20.7. The number of methoxy groups -OCH3 is 2. The monoisotopic (exact) mass is 508 g/mol. The standard InChI is InChI=1S/C29H32O8/c1-17-8-7-11-20(30)10-6-4-5-9-19-15-24-27(28(32)26(19)29(33)36-17)21(16-25(31)37-24)18-12-13-22(34-2)23(14-18)35-3/h5,9,12-15,17,21,32H,4,6-8,10-11,16H2,1-3H3. The minimum Gasteiger partial charge on any atom is -0.507 e. The van der Waals surface area contributed by atoms with Gasteiger partial charge in [-0.1, -0.05) is 18.2 Å². The number of ether oxygens (including phenoxy) is 4. The summed E-state index contributed by atoms with van der Waals surface area (Å²) in [6.07, 6.45) is 6.52. The lowest BCUT2D eigenvalue weighted by atomic mass is 9.83. The van der Waals surface area contributed by atoms with Crippen LogP contribution in [0.3, 0.4) is 0 Å². The second-order valence-electron chi connectivity index (χ2n) is 9.39. The van der Waals surface area contributed by atoms with Crippen LogP contribution in [0.4, 0.5) is 0 Å². The number of hydrogen-bond acceptors (Lipinski definition) is 8. The summed E-state index contributed by atoms with van der Waals surface area (Å²) >= 11 is 0. The first kappa shape index (κ1) is 26.3. The summed E-state index contributed by atoms with van der Waals surface area (Å²) in [6.45, 7) is 1.77. The third kappa shape index (κ3) is 5.79. The van der Waals surface area contributed by atoms with Crippen LogP contribution in [-0.4, -0.2) is 43.2 Å². The fourth-order valence-corrected chi connectivity index (χ4v) is 4.87. The van der Waals surface area contributed by atoms with Crippen molar-refractivity contribution in [2.75, 3.05) is 14.2 Å². The molecular weight excluding hydrogens is 476 g/mol. The minimum absolute atomic E-state index is 0.0237. The Morgan fingerprint density at radius 3 is 2.51 bits per heavy atom. The smallest absolute Gasteiger partial charge is 0.342 e. The summed E-state index contributed by atoms with van der Waals surface area (Å²) in [5.74, 6) is -0.572. The molecule has 0 fully saturated rings. The second-order valence-corrected chi connectivity index (χ2v) is 9.39. The van der Waals surface area contributed by atoms with E-state index in [1.807, 2.05) is 6.08 Å². The molecule has 2 heterocycles. The number of phenols is 1. The van der Waals surface area contributed by atoms with Crippen LogP contribution in [0, 0.1) is 0 Å². The number of carbonyl (C=O) groups is 3. The van der Waals surface area contributed by atoms with E-state index in [0.29, 0.717) is 66.7 Å². The van der Waals surface area contributed by atoms with Crippen molar-refractivity contribution in [3.05, 3.63) is 52.6 Å². The maximum atomic E-state index is 13.3. The quantitative estimate of drug-likeness (QED) is 0.438. The van der Waals surface area contributed by atoms with Gasteiger partial charge in [-0.15, -0.1) is 0 Å². The summed E-state index contributed by atoms with van der Waals surface area (Å²) in [5, 5.41) is 11.5. The molecule has 2 aromatic carbocycles. The van der Waals surface area contributed by atoms with Crippen LogP contribution in [0.25, 0.3) is 6.08 Å². The van der Waals surface area contributed by atoms with E-state index < -0.39 is 24.0 Å². The van der Waals surface area contributed by atoms with Crippen LogP contribution < -0.4 is 14.2 Å². The predicted octanol–water partition coefficient (Wildman–Crippen LogP) is 5.33. The van der Waals surface area contributed by atoms with Gasteiger partial charge < -0.3 is 24.1 Å². The summed E-state index contributed by atoms with van der Waals surface area (Å²) in [4.78, 5) is 38.0. The number of allylic oxidation sites excluding steroid dienone is 1. The number of cyclic esters (lactones) is 1. The number of esters is 2. The molecule has 37 heavy (non-hydrogen) atoms. The highest BCUT2D eigenvalue weighted by molar-refractivity contribution is 5.98. The molecule has 2 aliphatic rings. The number of phenolic OH excluding ortho intramolecular Hbond substituents is 1. The molecule has 2 aliphatic heterocycles. The lowest BCUT2D eigenvalue weighted by Gasteiger charge is -2.28. The number of carbonyl (C=O) groups excluding carboxylic acids is 3. The number of aromatic hydroxyl groups is 1. The Bertz CT molecular complexity index is 1230. The molecular formula is C29H32O8. The molecule has 0 aromatic heterocycles. The Labute approximate surface area is 216 Å². The first-order valence-corrected chi connectivity index (χ1v) is 12.5. The van der Waals surface area contributed by atoms with Crippen molar-refractivity contribution >= 4 is 23.8 Å². The van der Waals surface area contributed by atoms with Gasteiger partial charge in [0.25, 0.3) is 0 Å². The molecule has 4 rings (SSSR count). The second kappa shape index (κ2) is 11.5. The van der Waals surface area contributed by atoms with Gasteiger partial charge in [0.2, 0.25) is 0 Å². The molecule has 0 amide bonds. The van der Waals surface area contributed by atoms with Gasteiger partial charge >= 0.3 is 11.9 Å². The molecule has 8 nitrogen and oxygen atoms in total. The van der Waals surface area contributed by atoms with Gasteiger partial charge in [-0.2, -0.15) is 0 Å². The zero-order valence-corrected chi connectivity index (χ0v) is 21.4. The van der Waals surface area contributed by atoms with Crippen molar-refractivity contribution in [3.63, 3.8) is 0 Å². The van der Waals surface area contributed by atoms with Gasteiger partial charge in [-0.3, -0.25) is 9.59 Å². The first-order chi connectivity index (χ1) is 17.8. The Kier molecular flexibility index (Phi) is 8.16. The first-order valence-electron chi connectivity index (χ1n) is 12.5. The van der Waals surface area contributed by atoms with Gasteiger partial charge in [-0.25, -0.2) is 4.79 Å². The molecule has 0 saturated heterocycles. The largest absolute Gasteiger partial charge is 0.507 e. The number of Topliss-reactive ketones (excluding diaryl/α,β-unsaturated/α-hetero) is 1. The topological polar surface area (TPSA) is 108 Å². The molecule has 8 heteroatoms. The minimum atomic E-state index is -0.668. The van der Waals surface area contributed by atoms with Crippen molar-refractivity contribution in [3.8, 4) is 23.0 Å². The summed E-state index contributed by atoms with van der Waals surface area (Å²) in [6, 6.07) is 6.86. The van der Waals surface area contributed by atoms with Gasteiger partial charge in [0, 0.05) is 24.3 Å². The zero-order valence-electron chi connectivity index (χ0n) is 21.4. The van der Waals surface area contributed by atoms with Crippen LogP contribution in [0.2, 0.25) is 0 Å². The van der Waals surface area contributed by atoms with Crippen molar-refractivity contribution in [1.82, 2.24) is 0 Å². The average molecular weight is 509 g/mol. The number of benzene rings is 2. The maximum absolute atomic E-state index is 13.3. The third-order valence-corrected chi connectivity index (χ3v) is 6.79. The molecule has 2 aromatic rings. The number of ketones is 1. The Morgan fingerprint density at radius 2 is 1.76 bits per heavy atom. The van der Waals surface area contributed by atoms with Crippen LogP contribution in [0.1, 0.15) is 84.8 Å². The molecule has 0 spiro atoms. The van der Waals surface area contributed by atoms with Crippen molar-refractivity contribution in [2.45, 2.75) is 63.9 Å². The lowest BCUT2D eigenvalue weighted by molar-refractivity contribution is -0.135. The fraction of sp³-hybridized carbons (Fsp3) is 0.414. The van der Waals surface area contributed by atoms with E-state index in [-0.39, 0.29) is 29.3 Å². The van der Waals surface area contributed by atoms with Crippen LogP contribution in [0.15, 0.2) is 30.3 Å². The van der Waals surface area contributed by atoms with Crippen LogP contribution in [0.5, 0.6) is 23.0 Å². The summed E-state index contributed by atoms with van der Waals surface area (Å²) in [5.41, 5.74) is 1.46. The van der Waals surface area contributed by atoms with Crippen molar-refractivity contribution in [2.24, 2.45) is 0 Å². The van der Waals surface area contributed by atoms with E-state index >= 15 is 0 Å².